The average Bonchev–Trinajstić information content (AvgIpc) is 2.81. The first-order valence-electron chi connectivity index (χ1n) is 8.24. The van der Waals surface area contributed by atoms with E-state index in [0.717, 1.165) is 17.9 Å². The molecule has 1 fully saturated rings. The third kappa shape index (κ3) is 2.92. The maximum atomic E-state index is 12.5. The van der Waals surface area contributed by atoms with Gasteiger partial charge in [-0.1, -0.05) is 38.3 Å². The monoisotopic (exact) mass is 287 g/mol. The zero-order valence-electron chi connectivity index (χ0n) is 13.0. The molecule has 3 rings (SSSR count). The first-order chi connectivity index (χ1) is 10.2. The van der Waals surface area contributed by atoms with E-state index in [1.54, 1.807) is 0 Å². The van der Waals surface area contributed by atoms with Gasteiger partial charge in [0.05, 0.1) is 5.56 Å². The highest BCUT2D eigenvalue weighted by molar-refractivity contribution is 5.97. The van der Waals surface area contributed by atoms with E-state index in [2.05, 4.69) is 25.2 Å². The lowest BCUT2D eigenvalue weighted by molar-refractivity contribution is 0.0938. The Morgan fingerprint density at radius 2 is 2.00 bits per heavy atom. The number of nitrogens with one attached hydrogen (secondary N) is 1. The van der Waals surface area contributed by atoms with Crippen molar-refractivity contribution >= 4 is 5.91 Å². The number of benzene rings is 1. The summed E-state index contributed by atoms with van der Waals surface area (Å²) in [5, 5.41) is 3.11. The molecule has 0 saturated heterocycles. The molecule has 0 aromatic heterocycles. The molecule has 1 saturated carbocycles. The van der Waals surface area contributed by atoms with Gasteiger partial charge in [0.15, 0.2) is 0 Å². The van der Waals surface area contributed by atoms with Crippen molar-refractivity contribution in [1.82, 2.24) is 5.32 Å². The molecular formula is C18H25NO2. The minimum absolute atomic E-state index is 0.0127. The zero-order chi connectivity index (χ0) is 14.8. The van der Waals surface area contributed by atoms with Crippen LogP contribution in [0, 0.1) is 5.92 Å². The van der Waals surface area contributed by atoms with Crippen LogP contribution in [0.2, 0.25) is 0 Å². The first kappa shape index (κ1) is 14.4. The molecule has 0 radical (unpaired) electrons. The number of hydrogen-bond donors (Lipinski definition) is 1. The topological polar surface area (TPSA) is 38.3 Å². The van der Waals surface area contributed by atoms with Crippen LogP contribution in [-0.4, -0.2) is 18.6 Å². The Balaban J connectivity index is 1.68. The van der Waals surface area contributed by atoms with E-state index in [1.807, 2.05) is 12.1 Å². The summed E-state index contributed by atoms with van der Waals surface area (Å²) < 4.78 is 5.90. The smallest absolute Gasteiger partial charge is 0.255 e. The highest BCUT2D eigenvalue weighted by Gasteiger charge is 2.31. The fourth-order valence-corrected chi connectivity index (χ4v) is 3.49. The van der Waals surface area contributed by atoms with Crippen molar-refractivity contribution in [3.8, 4) is 5.75 Å². The van der Waals surface area contributed by atoms with Crippen LogP contribution in [0.15, 0.2) is 18.2 Å². The second kappa shape index (κ2) is 6.08. The van der Waals surface area contributed by atoms with Crippen LogP contribution in [0.3, 0.4) is 0 Å². The van der Waals surface area contributed by atoms with Crippen molar-refractivity contribution < 1.29 is 9.53 Å². The van der Waals surface area contributed by atoms with E-state index in [0.29, 0.717) is 17.4 Å². The van der Waals surface area contributed by atoms with Crippen LogP contribution in [0.1, 0.15) is 67.8 Å². The quantitative estimate of drug-likeness (QED) is 0.916. The van der Waals surface area contributed by atoms with Gasteiger partial charge in [-0.15, -0.1) is 0 Å². The fraction of sp³-hybridized carbons (Fsp3) is 0.611. The van der Waals surface area contributed by atoms with E-state index in [1.165, 1.54) is 32.1 Å². The maximum Gasteiger partial charge on any atom is 0.255 e. The van der Waals surface area contributed by atoms with Gasteiger partial charge in [-0.3, -0.25) is 4.79 Å². The van der Waals surface area contributed by atoms with Crippen LogP contribution in [0.4, 0.5) is 0 Å². The van der Waals surface area contributed by atoms with Gasteiger partial charge in [0.25, 0.3) is 5.91 Å². The van der Waals surface area contributed by atoms with Gasteiger partial charge in [0.2, 0.25) is 0 Å². The summed E-state index contributed by atoms with van der Waals surface area (Å²) >= 11 is 0. The molecule has 1 N–H and O–H groups in total. The molecular weight excluding hydrogens is 262 g/mol. The van der Waals surface area contributed by atoms with Crippen molar-refractivity contribution in [3.05, 3.63) is 29.3 Å². The van der Waals surface area contributed by atoms with E-state index in [-0.39, 0.29) is 12.0 Å². The lowest BCUT2D eigenvalue weighted by Gasteiger charge is -2.22. The van der Waals surface area contributed by atoms with Gasteiger partial charge in [0.1, 0.15) is 11.9 Å². The van der Waals surface area contributed by atoms with Crippen LogP contribution < -0.4 is 10.1 Å². The molecule has 1 aromatic rings. The Morgan fingerprint density at radius 3 is 2.76 bits per heavy atom. The van der Waals surface area contributed by atoms with E-state index >= 15 is 0 Å². The molecule has 0 unspecified atom stereocenters. The third-order valence-electron chi connectivity index (χ3n) is 5.06. The molecule has 0 bridgehead atoms. The van der Waals surface area contributed by atoms with Gasteiger partial charge in [-0.05, 0) is 31.7 Å². The highest BCUT2D eigenvalue weighted by atomic mass is 16.5. The van der Waals surface area contributed by atoms with Gasteiger partial charge < -0.3 is 10.1 Å². The molecule has 1 aromatic carbocycles. The van der Waals surface area contributed by atoms with Gasteiger partial charge in [-0.25, -0.2) is 0 Å². The normalized spacial score (nSPS) is 25.2. The van der Waals surface area contributed by atoms with Gasteiger partial charge in [-0.2, -0.15) is 0 Å². The molecule has 3 nitrogen and oxygen atoms in total. The number of fused-ring (bicyclic) bond motifs is 1. The average molecular weight is 287 g/mol. The number of carbonyl (C=O) groups excluding carboxylic acids is 1. The Hall–Kier alpha value is -1.51. The summed E-state index contributed by atoms with van der Waals surface area (Å²) in [6.45, 7) is 5.02. The Kier molecular flexibility index (Phi) is 4.18. The Bertz CT molecular complexity index is 520. The van der Waals surface area contributed by atoms with Crippen molar-refractivity contribution in [3.63, 3.8) is 0 Å². The minimum atomic E-state index is 0.0127. The molecule has 1 aliphatic heterocycles. The van der Waals surface area contributed by atoms with Crippen molar-refractivity contribution in [1.29, 1.82) is 0 Å². The van der Waals surface area contributed by atoms with Gasteiger partial charge >= 0.3 is 0 Å². The second-order valence-corrected chi connectivity index (χ2v) is 6.55. The van der Waals surface area contributed by atoms with E-state index in [9.17, 15) is 4.79 Å². The largest absolute Gasteiger partial charge is 0.489 e. The van der Waals surface area contributed by atoms with E-state index < -0.39 is 0 Å². The number of carbonyl (C=O) groups is 1. The molecule has 0 spiro atoms. The molecule has 2 atom stereocenters. The summed E-state index contributed by atoms with van der Waals surface area (Å²) in [5.41, 5.74) is 1.85. The summed E-state index contributed by atoms with van der Waals surface area (Å²) in [6.07, 6.45) is 6.60. The summed E-state index contributed by atoms with van der Waals surface area (Å²) in [6, 6.07) is 5.91. The Labute approximate surface area is 127 Å². The SMILES string of the molecule is C[C@H]1Oc2c(C(=O)NCC3CCCCC3)cccc2[C@@H]1C. The minimum Gasteiger partial charge on any atom is -0.489 e. The van der Waals surface area contributed by atoms with Crippen molar-refractivity contribution in [2.75, 3.05) is 6.54 Å². The fourth-order valence-electron chi connectivity index (χ4n) is 3.49. The second-order valence-electron chi connectivity index (χ2n) is 6.55. The van der Waals surface area contributed by atoms with Crippen LogP contribution in [0.25, 0.3) is 0 Å². The number of ether oxygens (including phenoxy) is 1. The predicted molar refractivity (Wildman–Crippen MR) is 83.9 cm³/mol. The molecule has 2 aliphatic rings. The van der Waals surface area contributed by atoms with Crippen molar-refractivity contribution in [2.24, 2.45) is 5.92 Å². The van der Waals surface area contributed by atoms with Crippen LogP contribution in [0.5, 0.6) is 5.75 Å². The van der Waals surface area contributed by atoms with Gasteiger partial charge in [0, 0.05) is 18.0 Å². The van der Waals surface area contributed by atoms with Crippen molar-refractivity contribution in [2.45, 2.75) is 58.0 Å². The zero-order valence-corrected chi connectivity index (χ0v) is 13.0. The molecule has 1 aliphatic carbocycles. The highest BCUT2D eigenvalue weighted by Crippen LogP contribution is 2.40. The van der Waals surface area contributed by atoms with Crippen LogP contribution in [-0.2, 0) is 0 Å². The predicted octanol–water partition coefficient (Wildman–Crippen LogP) is 3.88. The Morgan fingerprint density at radius 1 is 1.24 bits per heavy atom. The lowest BCUT2D eigenvalue weighted by Crippen LogP contribution is -2.30. The summed E-state index contributed by atoms with van der Waals surface area (Å²) in [7, 11) is 0. The number of rotatable bonds is 3. The van der Waals surface area contributed by atoms with E-state index in [4.69, 9.17) is 4.74 Å². The maximum absolute atomic E-state index is 12.5. The summed E-state index contributed by atoms with van der Waals surface area (Å²) in [5.74, 6) is 1.81. The number of amides is 1. The van der Waals surface area contributed by atoms with Crippen LogP contribution >= 0.6 is 0 Å². The molecule has 21 heavy (non-hydrogen) atoms. The molecule has 3 heteroatoms. The lowest BCUT2D eigenvalue weighted by atomic mass is 9.89. The molecule has 1 heterocycles. The summed E-state index contributed by atoms with van der Waals surface area (Å²) in [4.78, 5) is 12.5. The molecule has 114 valence electrons. The number of para-hydroxylation sites is 1. The first-order valence-corrected chi connectivity index (χ1v) is 8.24. The molecule has 1 amide bonds. The standard InChI is InChI=1S/C18H25NO2/c1-12-13(2)21-17-15(12)9-6-10-16(17)18(20)19-11-14-7-4-3-5-8-14/h6,9-10,12-14H,3-5,7-8,11H2,1-2H3,(H,19,20)/t12-,13-/m1/s1. The number of hydrogen-bond acceptors (Lipinski definition) is 2. The third-order valence-corrected chi connectivity index (χ3v) is 5.06.